The van der Waals surface area contributed by atoms with Gasteiger partial charge in [-0.25, -0.2) is 15.0 Å². The summed E-state index contributed by atoms with van der Waals surface area (Å²) in [6.07, 6.45) is 0. The van der Waals surface area contributed by atoms with E-state index in [9.17, 15) is 0 Å². The Morgan fingerprint density at radius 1 is 0.462 bits per heavy atom. The van der Waals surface area contributed by atoms with Crippen LogP contribution in [0.15, 0.2) is 170 Å². The van der Waals surface area contributed by atoms with Crippen LogP contribution in [0.25, 0.3) is 83.9 Å². The van der Waals surface area contributed by atoms with Gasteiger partial charge in [0.05, 0.1) is 22.2 Å². The van der Waals surface area contributed by atoms with E-state index in [4.69, 9.17) is 15.0 Å². The van der Waals surface area contributed by atoms with Crippen LogP contribution in [-0.4, -0.2) is 19.5 Å². The Morgan fingerprint density at radius 2 is 1.12 bits per heavy atom. The summed E-state index contributed by atoms with van der Waals surface area (Å²) in [7, 11) is 0. The molecule has 0 radical (unpaired) electrons. The Hall–Kier alpha value is -6.65. The zero-order valence-corrected chi connectivity index (χ0v) is 29.0. The van der Waals surface area contributed by atoms with Gasteiger partial charge in [-0.1, -0.05) is 147 Å². The first-order valence-corrected chi connectivity index (χ1v) is 17.8. The van der Waals surface area contributed by atoms with Gasteiger partial charge in [0.15, 0.2) is 5.82 Å². The number of hydrogen-bond donors (Lipinski definition) is 0. The summed E-state index contributed by atoms with van der Waals surface area (Å²) < 4.78 is 2.25. The molecule has 246 valence electrons. The van der Waals surface area contributed by atoms with E-state index in [0.29, 0.717) is 0 Å². The normalized spacial score (nSPS) is 13.0. The van der Waals surface area contributed by atoms with Crippen LogP contribution in [0, 0.1) is 0 Å². The van der Waals surface area contributed by atoms with Gasteiger partial charge in [0, 0.05) is 33.2 Å². The van der Waals surface area contributed by atoms with Gasteiger partial charge in [-0.3, -0.25) is 4.57 Å². The van der Waals surface area contributed by atoms with E-state index in [0.717, 1.165) is 72.8 Å². The van der Waals surface area contributed by atoms with Crippen LogP contribution in [0.5, 0.6) is 0 Å². The Morgan fingerprint density at radius 3 is 1.98 bits per heavy atom. The van der Waals surface area contributed by atoms with Gasteiger partial charge in [0.1, 0.15) is 5.82 Å². The van der Waals surface area contributed by atoms with Crippen LogP contribution >= 0.6 is 0 Å². The molecule has 10 rings (SSSR count). The van der Waals surface area contributed by atoms with E-state index in [-0.39, 0.29) is 5.41 Å². The highest BCUT2D eigenvalue weighted by Crippen LogP contribution is 2.51. The first-order chi connectivity index (χ1) is 25.5. The van der Waals surface area contributed by atoms with Crippen LogP contribution in [0.2, 0.25) is 0 Å². The number of benzene rings is 7. The molecule has 0 aliphatic heterocycles. The second-order valence-electron chi connectivity index (χ2n) is 14.1. The molecule has 0 spiro atoms. The summed E-state index contributed by atoms with van der Waals surface area (Å²) in [6.45, 7) is 4.62. The fraction of sp³-hybridized carbons (Fsp3) is 0.0625. The minimum atomic E-state index is -0.0976. The third-order valence-corrected chi connectivity index (χ3v) is 10.6. The molecule has 0 atom stereocenters. The smallest absolute Gasteiger partial charge is 0.161 e. The van der Waals surface area contributed by atoms with Gasteiger partial charge in [0.25, 0.3) is 0 Å². The molecule has 0 bridgehead atoms. The van der Waals surface area contributed by atoms with Crippen LogP contribution in [0.1, 0.15) is 25.0 Å². The van der Waals surface area contributed by atoms with E-state index in [2.05, 4.69) is 176 Å². The Balaban J connectivity index is 1.08. The third kappa shape index (κ3) is 4.72. The SMILES string of the molecule is CC1(C)c2ccccc2-c2c(-c3nc(-c4cccc(-c5ccc(-n6c(-c7ccccc7)nc7ccccc76)cc5)c4)c4ccccc4n3)cccc21. The monoisotopic (exact) mass is 666 g/mol. The highest BCUT2D eigenvalue weighted by atomic mass is 15.1. The molecular weight excluding hydrogens is 633 g/mol. The summed E-state index contributed by atoms with van der Waals surface area (Å²) in [5.41, 5.74) is 15.5. The molecule has 1 aliphatic rings. The zero-order chi connectivity index (χ0) is 34.8. The molecular formula is C48H34N4. The van der Waals surface area contributed by atoms with Crippen molar-refractivity contribution in [2.24, 2.45) is 0 Å². The first-order valence-electron chi connectivity index (χ1n) is 17.8. The van der Waals surface area contributed by atoms with Crippen molar-refractivity contribution in [3.63, 3.8) is 0 Å². The van der Waals surface area contributed by atoms with Gasteiger partial charge in [0.2, 0.25) is 0 Å². The van der Waals surface area contributed by atoms with Crippen molar-refractivity contribution in [3.8, 4) is 62.0 Å². The molecule has 4 nitrogen and oxygen atoms in total. The lowest BCUT2D eigenvalue weighted by atomic mass is 9.82. The number of para-hydroxylation sites is 3. The summed E-state index contributed by atoms with van der Waals surface area (Å²) in [5.74, 6) is 1.67. The van der Waals surface area contributed by atoms with E-state index in [1.54, 1.807) is 0 Å². The van der Waals surface area contributed by atoms with Crippen molar-refractivity contribution in [1.29, 1.82) is 0 Å². The van der Waals surface area contributed by atoms with E-state index < -0.39 is 0 Å². The molecule has 0 unspecified atom stereocenters. The summed E-state index contributed by atoms with van der Waals surface area (Å²) in [6, 6.07) is 59.9. The number of imidazole rings is 1. The quantitative estimate of drug-likeness (QED) is 0.184. The maximum atomic E-state index is 5.37. The molecule has 9 aromatic rings. The molecule has 0 saturated heterocycles. The minimum Gasteiger partial charge on any atom is -0.292 e. The second-order valence-corrected chi connectivity index (χ2v) is 14.1. The van der Waals surface area contributed by atoms with Gasteiger partial charge in [-0.15, -0.1) is 0 Å². The number of rotatable bonds is 5. The third-order valence-electron chi connectivity index (χ3n) is 10.6. The van der Waals surface area contributed by atoms with E-state index >= 15 is 0 Å². The molecule has 7 aromatic carbocycles. The number of nitrogens with zero attached hydrogens (tertiary/aromatic N) is 4. The average molecular weight is 667 g/mol. The highest BCUT2D eigenvalue weighted by Gasteiger charge is 2.37. The fourth-order valence-electron chi connectivity index (χ4n) is 8.08. The van der Waals surface area contributed by atoms with Crippen molar-refractivity contribution in [2.75, 3.05) is 0 Å². The van der Waals surface area contributed by atoms with E-state index in [1.165, 1.54) is 22.3 Å². The molecule has 0 fully saturated rings. The molecule has 2 heterocycles. The molecule has 52 heavy (non-hydrogen) atoms. The largest absolute Gasteiger partial charge is 0.292 e. The standard InChI is InChI=1S/C48H34N4/c1-48(2)39-21-8-6-18-36(39)44-38(20-13-22-40(44)48)46-49-41-23-9-7-19-37(41)45(51-46)34-17-12-16-33(30-34)31-26-28-35(29-27-31)52-43-25-11-10-24-42(43)50-47(52)32-14-4-3-5-15-32/h3-30H,1-2H3. The Labute approximate surface area is 302 Å². The van der Waals surface area contributed by atoms with E-state index in [1.807, 2.05) is 12.1 Å². The second kappa shape index (κ2) is 11.7. The van der Waals surface area contributed by atoms with Crippen molar-refractivity contribution in [3.05, 3.63) is 181 Å². The van der Waals surface area contributed by atoms with Gasteiger partial charge < -0.3 is 0 Å². The summed E-state index contributed by atoms with van der Waals surface area (Å²) in [5, 5.41) is 1.03. The molecule has 1 aliphatic carbocycles. The lowest BCUT2D eigenvalue weighted by molar-refractivity contribution is 0.660. The average Bonchev–Trinajstić information content (AvgIpc) is 3.71. The number of fused-ring (bicyclic) bond motifs is 5. The Kier molecular flexibility index (Phi) is 6.80. The number of hydrogen-bond acceptors (Lipinski definition) is 3. The topological polar surface area (TPSA) is 43.6 Å². The Bertz CT molecular complexity index is 2810. The van der Waals surface area contributed by atoms with Crippen LogP contribution in [0.3, 0.4) is 0 Å². The lowest BCUT2D eigenvalue weighted by Crippen LogP contribution is -2.14. The molecule has 0 amide bonds. The van der Waals surface area contributed by atoms with Crippen molar-refractivity contribution in [2.45, 2.75) is 19.3 Å². The fourth-order valence-corrected chi connectivity index (χ4v) is 8.08. The van der Waals surface area contributed by atoms with Crippen LogP contribution < -0.4 is 0 Å². The van der Waals surface area contributed by atoms with Crippen molar-refractivity contribution in [1.82, 2.24) is 19.5 Å². The predicted molar refractivity (Wildman–Crippen MR) is 213 cm³/mol. The van der Waals surface area contributed by atoms with Crippen LogP contribution in [0.4, 0.5) is 0 Å². The van der Waals surface area contributed by atoms with Crippen molar-refractivity contribution >= 4 is 21.9 Å². The summed E-state index contributed by atoms with van der Waals surface area (Å²) >= 11 is 0. The molecule has 2 aromatic heterocycles. The minimum absolute atomic E-state index is 0.0976. The highest BCUT2D eigenvalue weighted by molar-refractivity contribution is 5.97. The molecule has 4 heteroatoms. The van der Waals surface area contributed by atoms with Crippen LogP contribution in [-0.2, 0) is 5.41 Å². The van der Waals surface area contributed by atoms with Gasteiger partial charge in [-0.2, -0.15) is 0 Å². The summed E-state index contributed by atoms with van der Waals surface area (Å²) in [4.78, 5) is 15.6. The molecule has 0 saturated carbocycles. The zero-order valence-electron chi connectivity index (χ0n) is 29.0. The first kappa shape index (κ1) is 30.2. The maximum absolute atomic E-state index is 5.37. The maximum Gasteiger partial charge on any atom is 0.161 e. The lowest BCUT2D eigenvalue weighted by Gasteiger charge is -2.21. The predicted octanol–water partition coefficient (Wildman–Crippen LogP) is 11.9. The van der Waals surface area contributed by atoms with Gasteiger partial charge >= 0.3 is 0 Å². The number of aromatic nitrogens is 4. The van der Waals surface area contributed by atoms with Crippen molar-refractivity contribution < 1.29 is 0 Å². The molecule has 0 N–H and O–H groups in total. The van der Waals surface area contributed by atoms with Gasteiger partial charge in [-0.05, 0) is 69.8 Å².